The van der Waals surface area contributed by atoms with Gasteiger partial charge >= 0.3 is 0 Å². The van der Waals surface area contributed by atoms with E-state index in [2.05, 4.69) is 35.1 Å². The van der Waals surface area contributed by atoms with Crippen LogP contribution in [-0.2, 0) is 0 Å². The average Bonchev–Trinajstić information content (AvgIpc) is 2.57. The summed E-state index contributed by atoms with van der Waals surface area (Å²) in [6, 6.07) is 5.88. The van der Waals surface area contributed by atoms with E-state index in [0.717, 1.165) is 36.0 Å². The van der Waals surface area contributed by atoms with Crippen LogP contribution in [0.3, 0.4) is 0 Å². The molecular formula is C17H17N7. The monoisotopic (exact) mass is 319 g/mol. The zero-order valence-corrected chi connectivity index (χ0v) is 13.3. The van der Waals surface area contributed by atoms with Gasteiger partial charge in [-0.15, -0.1) is 0 Å². The van der Waals surface area contributed by atoms with Crippen LogP contribution in [0.25, 0.3) is 0 Å². The summed E-state index contributed by atoms with van der Waals surface area (Å²) in [7, 11) is 0. The molecule has 4 rings (SSSR count). The van der Waals surface area contributed by atoms with Crippen molar-refractivity contribution in [3.05, 3.63) is 60.4 Å². The molecule has 7 nitrogen and oxygen atoms in total. The first kappa shape index (κ1) is 14.5. The zero-order chi connectivity index (χ0) is 16.4. The molecule has 4 heterocycles. The number of nitrogens with one attached hydrogen (secondary N) is 1. The highest BCUT2D eigenvalue weighted by molar-refractivity contribution is 5.52. The lowest BCUT2D eigenvalue weighted by Gasteiger charge is -2.39. The number of aromatic nitrogens is 5. The molecule has 120 valence electrons. The molecule has 3 aromatic rings. The Hall–Kier alpha value is -3.09. The van der Waals surface area contributed by atoms with Gasteiger partial charge in [-0.1, -0.05) is 6.07 Å². The van der Waals surface area contributed by atoms with Crippen LogP contribution in [0.4, 0.5) is 17.6 Å². The number of hydrogen-bond donors (Lipinski definition) is 1. The minimum absolute atomic E-state index is 0.375. The maximum atomic E-state index is 4.63. The topological polar surface area (TPSA) is 79.7 Å². The van der Waals surface area contributed by atoms with Crippen molar-refractivity contribution in [2.24, 2.45) is 0 Å². The van der Waals surface area contributed by atoms with Crippen LogP contribution in [0.5, 0.6) is 0 Å². The third-order valence-corrected chi connectivity index (χ3v) is 4.09. The van der Waals surface area contributed by atoms with Gasteiger partial charge in [-0.25, -0.2) is 19.9 Å². The molecule has 7 heteroatoms. The molecule has 0 bridgehead atoms. The molecule has 0 radical (unpaired) electrons. The summed E-state index contributed by atoms with van der Waals surface area (Å²) in [6.07, 6.45) is 8.72. The van der Waals surface area contributed by atoms with E-state index in [1.54, 1.807) is 31.0 Å². The summed E-state index contributed by atoms with van der Waals surface area (Å²) in [5.41, 5.74) is 2.09. The predicted octanol–water partition coefficient (Wildman–Crippen LogP) is 2.32. The van der Waals surface area contributed by atoms with Crippen molar-refractivity contribution in [2.75, 3.05) is 23.3 Å². The van der Waals surface area contributed by atoms with E-state index in [1.165, 1.54) is 0 Å². The third-order valence-electron chi connectivity index (χ3n) is 4.09. The van der Waals surface area contributed by atoms with Crippen LogP contribution < -0.4 is 10.2 Å². The van der Waals surface area contributed by atoms with Crippen LogP contribution in [0.2, 0.25) is 0 Å². The van der Waals surface area contributed by atoms with Crippen LogP contribution in [0, 0.1) is 6.92 Å². The second kappa shape index (κ2) is 6.19. The third kappa shape index (κ3) is 2.88. The number of nitrogens with zero attached hydrogens (tertiary/aromatic N) is 6. The Morgan fingerprint density at radius 1 is 1.04 bits per heavy atom. The van der Waals surface area contributed by atoms with Crippen molar-refractivity contribution in [3.8, 4) is 0 Å². The molecule has 0 atom stereocenters. The van der Waals surface area contributed by atoms with E-state index >= 15 is 0 Å². The highest BCUT2D eigenvalue weighted by Crippen LogP contribution is 2.29. The Bertz CT molecular complexity index is 831. The standard InChI is InChI=1S/C17H17N7/c1-12-3-2-5-20-16(12)23-17-21-6-4-14(22-17)13-10-24(11-13)15-9-18-7-8-19-15/h2-9,13H,10-11H2,1H3,(H,20,21,22,23). The molecule has 3 aromatic heterocycles. The molecule has 1 fully saturated rings. The van der Waals surface area contributed by atoms with Gasteiger partial charge in [-0.05, 0) is 24.6 Å². The van der Waals surface area contributed by atoms with Crippen molar-refractivity contribution in [1.82, 2.24) is 24.9 Å². The van der Waals surface area contributed by atoms with Crippen LogP contribution in [0.1, 0.15) is 17.2 Å². The fourth-order valence-electron chi connectivity index (χ4n) is 2.69. The average molecular weight is 319 g/mol. The van der Waals surface area contributed by atoms with Gasteiger partial charge in [0.25, 0.3) is 0 Å². The van der Waals surface area contributed by atoms with E-state index in [1.807, 2.05) is 25.1 Å². The smallest absolute Gasteiger partial charge is 0.228 e. The zero-order valence-electron chi connectivity index (χ0n) is 13.3. The lowest BCUT2D eigenvalue weighted by Crippen LogP contribution is -2.45. The Labute approximate surface area is 139 Å². The summed E-state index contributed by atoms with van der Waals surface area (Å²) in [5.74, 6) is 2.64. The molecule has 0 aromatic carbocycles. The van der Waals surface area contributed by atoms with Crippen molar-refractivity contribution in [3.63, 3.8) is 0 Å². The Balaban J connectivity index is 1.45. The van der Waals surface area contributed by atoms with Gasteiger partial charge in [-0.2, -0.15) is 0 Å². The number of aryl methyl sites for hydroxylation is 1. The van der Waals surface area contributed by atoms with Gasteiger partial charge in [0.05, 0.1) is 11.9 Å². The van der Waals surface area contributed by atoms with Crippen molar-refractivity contribution in [1.29, 1.82) is 0 Å². The lowest BCUT2D eigenvalue weighted by atomic mass is 9.96. The Kier molecular flexibility index (Phi) is 3.74. The van der Waals surface area contributed by atoms with E-state index in [9.17, 15) is 0 Å². The first-order valence-corrected chi connectivity index (χ1v) is 7.82. The van der Waals surface area contributed by atoms with E-state index in [0.29, 0.717) is 11.9 Å². The fraction of sp³-hybridized carbons (Fsp3) is 0.235. The van der Waals surface area contributed by atoms with Gasteiger partial charge in [-0.3, -0.25) is 4.98 Å². The lowest BCUT2D eigenvalue weighted by molar-refractivity contribution is 0.508. The maximum Gasteiger partial charge on any atom is 0.228 e. The highest BCUT2D eigenvalue weighted by Gasteiger charge is 2.30. The predicted molar refractivity (Wildman–Crippen MR) is 91.3 cm³/mol. The molecule has 1 aliphatic rings. The second-order valence-corrected chi connectivity index (χ2v) is 5.76. The first-order valence-electron chi connectivity index (χ1n) is 7.82. The molecule has 1 aliphatic heterocycles. The summed E-state index contributed by atoms with van der Waals surface area (Å²) < 4.78 is 0. The summed E-state index contributed by atoms with van der Waals surface area (Å²) >= 11 is 0. The summed E-state index contributed by atoms with van der Waals surface area (Å²) in [4.78, 5) is 23.9. The molecular weight excluding hydrogens is 302 g/mol. The van der Waals surface area contributed by atoms with Crippen molar-refractivity contribution < 1.29 is 0 Å². The molecule has 0 saturated carbocycles. The second-order valence-electron chi connectivity index (χ2n) is 5.76. The number of pyridine rings is 1. The SMILES string of the molecule is Cc1cccnc1Nc1nccc(C2CN(c3cnccn3)C2)n1. The molecule has 0 aliphatic carbocycles. The van der Waals surface area contributed by atoms with Crippen molar-refractivity contribution >= 4 is 17.6 Å². The summed E-state index contributed by atoms with van der Waals surface area (Å²) in [5, 5.41) is 3.19. The van der Waals surface area contributed by atoms with Gasteiger partial charge in [0.2, 0.25) is 5.95 Å². The van der Waals surface area contributed by atoms with Gasteiger partial charge < -0.3 is 10.2 Å². The molecule has 0 unspecified atom stereocenters. The number of rotatable bonds is 4. The van der Waals surface area contributed by atoms with Crippen LogP contribution >= 0.6 is 0 Å². The molecule has 0 amide bonds. The molecule has 1 N–H and O–H groups in total. The first-order chi connectivity index (χ1) is 11.8. The van der Waals surface area contributed by atoms with Crippen LogP contribution in [-0.4, -0.2) is 38.0 Å². The minimum Gasteiger partial charge on any atom is -0.354 e. The van der Waals surface area contributed by atoms with Crippen molar-refractivity contribution in [2.45, 2.75) is 12.8 Å². The number of anilines is 3. The largest absolute Gasteiger partial charge is 0.354 e. The Morgan fingerprint density at radius 3 is 2.75 bits per heavy atom. The Morgan fingerprint density at radius 2 is 1.96 bits per heavy atom. The van der Waals surface area contributed by atoms with E-state index in [4.69, 9.17) is 0 Å². The molecule has 24 heavy (non-hydrogen) atoms. The van der Waals surface area contributed by atoms with E-state index in [-0.39, 0.29) is 0 Å². The van der Waals surface area contributed by atoms with Crippen LogP contribution in [0.15, 0.2) is 49.2 Å². The molecule has 1 saturated heterocycles. The summed E-state index contributed by atoms with van der Waals surface area (Å²) in [6.45, 7) is 3.78. The van der Waals surface area contributed by atoms with Gasteiger partial charge in [0.15, 0.2) is 0 Å². The minimum atomic E-state index is 0.375. The quantitative estimate of drug-likeness (QED) is 0.790. The normalized spacial score (nSPS) is 14.3. The number of hydrogen-bond acceptors (Lipinski definition) is 7. The fourth-order valence-corrected chi connectivity index (χ4v) is 2.69. The van der Waals surface area contributed by atoms with Gasteiger partial charge in [0.1, 0.15) is 11.6 Å². The van der Waals surface area contributed by atoms with Gasteiger partial charge in [0, 0.05) is 43.8 Å². The highest BCUT2D eigenvalue weighted by atomic mass is 15.2. The maximum absolute atomic E-state index is 4.63. The van der Waals surface area contributed by atoms with E-state index < -0.39 is 0 Å². The molecule has 0 spiro atoms.